The molecule has 1 aliphatic carbocycles. The van der Waals surface area contributed by atoms with Gasteiger partial charge in [-0.15, -0.1) is 0 Å². The third-order valence-corrected chi connectivity index (χ3v) is 5.57. The number of rotatable bonds is 3. The van der Waals surface area contributed by atoms with E-state index in [0.717, 1.165) is 18.1 Å². The van der Waals surface area contributed by atoms with Crippen LogP contribution >= 0.6 is 0 Å². The van der Waals surface area contributed by atoms with E-state index in [1.807, 2.05) is 0 Å². The summed E-state index contributed by atoms with van der Waals surface area (Å²) >= 11 is 0. The van der Waals surface area contributed by atoms with E-state index in [9.17, 15) is 0 Å². The number of hydrogen-bond acceptors (Lipinski definition) is 3. The van der Waals surface area contributed by atoms with E-state index in [0.29, 0.717) is 6.04 Å². The largest absolute Gasteiger partial charge is 0.328 e. The van der Waals surface area contributed by atoms with Gasteiger partial charge >= 0.3 is 0 Å². The lowest BCUT2D eigenvalue weighted by Gasteiger charge is -2.41. The van der Waals surface area contributed by atoms with Crippen LogP contribution in [0.3, 0.4) is 0 Å². The molecule has 2 saturated heterocycles. The third-order valence-electron chi connectivity index (χ3n) is 5.57. The summed E-state index contributed by atoms with van der Waals surface area (Å²) in [5.41, 5.74) is 6.05. The molecule has 2 N–H and O–H groups in total. The summed E-state index contributed by atoms with van der Waals surface area (Å²) in [5.74, 6) is 0. The number of nitrogens with zero attached hydrogens (tertiary/aromatic N) is 2. The van der Waals surface area contributed by atoms with E-state index in [4.69, 9.17) is 5.73 Å². The fourth-order valence-electron chi connectivity index (χ4n) is 4.64. The molecule has 3 rings (SSSR count). The summed E-state index contributed by atoms with van der Waals surface area (Å²) in [7, 11) is 0. The van der Waals surface area contributed by atoms with Crippen LogP contribution in [0.5, 0.6) is 0 Å². The van der Waals surface area contributed by atoms with Crippen molar-refractivity contribution in [3.8, 4) is 0 Å². The molecule has 2 aliphatic heterocycles. The van der Waals surface area contributed by atoms with Crippen LogP contribution in [0, 0.1) is 0 Å². The minimum absolute atomic E-state index is 0.478. The van der Waals surface area contributed by atoms with Crippen LogP contribution in [0.1, 0.15) is 51.9 Å². The van der Waals surface area contributed by atoms with Crippen LogP contribution < -0.4 is 5.73 Å². The fourth-order valence-corrected chi connectivity index (χ4v) is 4.64. The first-order chi connectivity index (χ1) is 8.79. The van der Waals surface area contributed by atoms with Crippen LogP contribution in [0.4, 0.5) is 0 Å². The first-order valence-corrected chi connectivity index (χ1v) is 8.05. The summed E-state index contributed by atoms with van der Waals surface area (Å²) in [6, 6.07) is 3.02. The maximum atomic E-state index is 6.05. The lowest BCUT2D eigenvalue weighted by molar-refractivity contribution is 0.0880. The van der Waals surface area contributed by atoms with E-state index in [2.05, 4.69) is 16.7 Å². The highest BCUT2D eigenvalue weighted by Gasteiger charge is 2.41. The molecule has 2 atom stereocenters. The molecule has 2 unspecified atom stereocenters. The number of nitrogens with two attached hydrogens (primary N) is 1. The van der Waals surface area contributed by atoms with E-state index in [-0.39, 0.29) is 0 Å². The maximum absolute atomic E-state index is 6.05. The van der Waals surface area contributed by atoms with Crippen molar-refractivity contribution in [2.45, 2.75) is 76.0 Å². The zero-order valence-electron chi connectivity index (χ0n) is 11.9. The Bertz CT molecular complexity index is 273. The highest BCUT2D eigenvalue weighted by molar-refractivity contribution is 4.98. The lowest BCUT2D eigenvalue weighted by Crippen LogP contribution is -2.50. The second kappa shape index (κ2) is 5.48. The molecule has 3 heteroatoms. The standard InChI is InChI=1S/C15H29N3/c1-2-18(13-7-5-12(16)6-8-13)15-9-11-17-10-3-4-14(15)17/h12-15H,2-11,16H2,1H3. The van der Waals surface area contributed by atoms with Gasteiger partial charge < -0.3 is 5.73 Å². The molecule has 0 radical (unpaired) electrons. The second-order valence-electron chi connectivity index (χ2n) is 6.50. The van der Waals surface area contributed by atoms with Crippen molar-refractivity contribution < 1.29 is 0 Å². The van der Waals surface area contributed by atoms with Gasteiger partial charge in [-0.1, -0.05) is 6.92 Å². The smallest absolute Gasteiger partial charge is 0.0266 e. The normalized spacial score (nSPS) is 41.5. The van der Waals surface area contributed by atoms with Gasteiger partial charge in [0.05, 0.1) is 0 Å². The summed E-state index contributed by atoms with van der Waals surface area (Å²) in [4.78, 5) is 5.57. The second-order valence-corrected chi connectivity index (χ2v) is 6.50. The molecule has 0 spiro atoms. The highest BCUT2D eigenvalue weighted by atomic mass is 15.3. The zero-order chi connectivity index (χ0) is 12.5. The van der Waals surface area contributed by atoms with Crippen LogP contribution in [-0.2, 0) is 0 Å². The van der Waals surface area contributed by atoms with Crippen molar-refractivity contribution >= 4 is 0 Å². The predicted octanol–water partition coefficient (Wildman–Crippen LogP) is 1.81. The van der Waals surface area contributed by atoms with Gasteiger partial charge in [0, 0.05) is 30.7 Å². The van der Waals surface area contributed by atoms with E-state index >= 15 is 0 Å². The van der Waals surface area contributed by atoms with E-state index in [1.54, 1.807) is 0 Å². The Balaban J connectivity index is 1.65. The Morgan fingerprint density at radius 3 is 2.56 bits per heavy atom. The Morgan fingerprint density at radius 1 is 1.06 bits per heavy atom. The van der Waals surface area contributed by atoms with Crippen molar-refractivity contribution in [1.82, 2.24) is 9.80 Å². The van der Waals surface area contributed by atoms with Crippen molar-refractivity contribution in [2.24, 2.45) is 5.73 Å². The van der Waals surface area contributed by atoms with E-state index < -0.39 is 0 Å². The average Bonchev–Trinajstić information content (AvgIpc) is 2.96. The van der Waals surface area contributed by atoms with Crippen LogP contribution in [0.2, 0.25) is 0 Å². The minimum Gasteiger partial charge on any atom is -0.328 e. The Labute approximate surface area is 112 Å². The topological polar surface area (TPSA) is 32.5 Å². The SMILES string of the molecule is CCN(C1CCC(N)CC1)C1CCN2CCCC12. The van der Waals surface area contributed by atoms with Gasteiger partial charge in [-0.3, -0.25) is 9.80 Å². The number of hydrogen-bond donors (Lipinski definition) is 1. The number of fused-ring (bicyclic) bond motifs is 1. The third kappa shape index (κ3) is 2.33. The summed E-state index contributed by atoms with van der Waals surface area (Å²) in [6.45, 7) is 6.29. The Morgan fingerprint density at radius 2 is 1.83 bits per heavy atom. The monoisotopic (exact) mass is 251 g/mol. The molecule has 0 amide bonds. The molecule has 0 aromatic heterocycles. The quantitative estimate of drug-likeness (QED) is 0.830. The molecule has 3 nitrogen and oxygen atoms in total. The van der Waals surface area contributed by atoms with Gasteiger partial charge in [0.2, 0.25) is 0 Å². The molecule has 18 heavy (non-hydrogen) atoms. The predicted molar refractivity (Wildman–Crippen MR) is 75.6 cm³/mol. The molecule has 2 heterocycles. The summed E-state index contributed by atoms with van der Waals surface area (Å²) in [5, 5.41) is 0. The van der Waals surface area contributed by atoms with Crippen molar-refractivity contribution in [3.05, 3.63) is 0 Å². The molecular weight excluding hydrogens is 222 g/mol. The van der Waals surface area contributed by atoms with E-state index in [1.165, 1.54) is 64.6 Å². The van der Waals surface area contributed by atoms with Crippen LogP contribution in [0.15, 0.2) is 0 Å². The lowest BCUT2D eigenvalue weighted by atomic mass is 9.89. The summed E-state index contributed by atoms with van der Waals surface area (Å²) < 4.78 is 0. The molecule has 0 aromatic carbocycles. The molecule has 0 aromatic rings. The molecule has 3 aliphatic rings. The minimum atomic E-state index is 0.478. The van der Waals surface area contributed by atoms with Gasteiger partial charge in [0.15, 0.2) is 0 Å². The highest BCUT2D eigenvalue weighted by Crippen LogP contribution is 2.34. The Kier molecular flexibility index (Phi) is 3.92. The van der Waals surface area contributed by atoms with Gasteiger partial charge in [-0.2, -0.15) is 0 Å². The molecule has 0 bridgehead atoms. The fraction of sp³-hybridized carbons (Fsp3) is 1.00. The van der Waals surface area contributed by atoms with Crippen LogP contribution in [0.25, 0.3) is 0 Å². The van der Waals surface area contributed by atoms with Gasteiger partial charge in [0.25, 0.3) is 0 Å². The first-order valence-electron chi connectivity index (χ1n) is 8.05. The van der Waals surface area contributed by atoms with Gasteiger partial charge in [-0.05, 0) is 58.0 Å². The van der Waals surface area contributed by atoms with Crippen molar-refractivity contribution in [1.29, 1.82) is 0 Å². The Hall–Kier alpha value is -0.120. The maximum Gasteiger partial charge on any atom is 0.0266 e. The molecular formula is C15H29N3. The average molecular weight is 251 g/mol. The number of likely N-dealkylation sites (N-methyl/N-ethyl adjacent to an activating group) is 1. The molecule has 3 fully saturated rings. The van der Waals surface area contributed by atoms with Crippen LogP contribution in [-0.4, -0.2) is 53.6 Å². The zero-order valence-corrected chi connectivity index (χ0v) is 11.9. The van der Waals surface area contributed by atoms with Crippen molar-refractivity contribution in [3.63, 3.8) is 0 Å². The van der Waals surface area contributed by atoms with Gasteiger partial charge in [-0.25, -0.2) is 0 Å². The molecule has 104 valence electrons. The van der Waals surface area contributed by atoms with Crippen molar-refractivity contribution in [2.75, 3.05) is 19.6 Å². The molecule has 1 saturated carbocycles. The summed E-state index contributed by atoms with van der Waals surface area (Å²) in [6.07, 6.45) is 9.41. The first kappa shape index (κ1) is 12.9. The van der Waals surface area contributed by atoms with Gasteiger partial charge in [0.1, 0.15) is 0 Å².